The molecule has 5 saturated heterocycles. The lowest BCUT2D eigenvalue weighted by atomic mass is 9.78. The average molecular weight is 671 g/mol. The first-order valence-electron chi connectivity index (χ1n) is 18.1. The van der Waals surface area contributed by atoms with Crippen molar-refractivity contribution in [3.05, 3.63) is 0 Å². The number of carboxylic acid groups (broad SMARTS) is 1. The van der Waals surface area contributed by atoms with Crippen molar-refractivity contribution in [2.75, 3.05) is 13.7 Å². The minimum atomic E-state index is -1.56. The van der Waals surface area contributed by atoms with Gasteiger partial charge in [-0.3, -0.25) is 4.79 Å². The lowest BCUT2D eigenvalue weighted by molar-refractivity contribution is -0.336. The molecule has 0 aromatic heterocycles. The van der Waals surface area contributed by atoms with Crippen LogP contribution in [0.4, 0.5) is 0 Å². The molecule has 11 nitrogen and oxygen atoms in total. The van der Waals surface area contributed by atoms with Gasteiger partial charge in [-0.15, -0.1) is 0 Å². The molecule has 5 rings (SSSR count). The number of methoxy groups -OCH3 is 1. The van der Waals surface area contributed by atoms with Gasteiger partial charge < -0.3 is 48.8 Å². The van der Waals surface area contributed by atoms with E-state index in [1.807, 2.05) is 20.8 Å². The largest absolute Gasteiger partial charge is 0.481 e. The molecule has 5 fully saturated rings. The first-order chi connectivity index (χ1) is 22.0. The van der Waals surface area contributed by atoms with Crippen molar-refractivity contribution in [2.24, 2.45) is 35.5 Å². The van der Waals surface area contributed by atoms with E-state index in [1.54, 1.807) is 6.92 Å². The van der Waals surface area contributed by atoms with Crippen molar-refractivity contribution in [2.45, 2.75) is 172 Å². The maximum absolute atomic E-state index is 11.8. The summed E-state index contributed by atoms with van der Waals surface area (Å²) in [5.74, 6) is -4.52. The number of carboxylic acids is 1. The van der Waals surface area contributed by atoms with Gasteiger partial charge in [0.05, 0.1) is 66.5 Å². The third-order valence-corrected chi connectivity index (χ3v) is 13.0. The summed E-state index contributed by atoms with van der Waals surface area (Å²) in [6.07, 6.45) is 2.99. The summed E-state index contributed by atoms with van der Waals surface area (Å²) in [7, 11) is 1.52. The third-order valence-electron chi connectivity index (χ3n) is 13.0. The van der Waals surface area contributed by atoms with Crippen LogP contribution in [-0.4, -0.2) is 106 Å². The first kappa shape index (κ1) is 37.4. The maximum Gasteiger partial charge on any atom is 0.308 e. The van der Waals surface area contributed by atoms with E-state index < -0.39 is 59.6 Å². The predicted molar refractivity (Wildman–Crippen MR) is 172 cm³/mol. The summed E-state index contributed by atoms with van der Waals surface area (Å²) in [5, 5.41) is 41.8. The molecule has 5 aliphatic heterocycles. The van der Waals surface area contributed by atoms with Gasteiger partial charge in [-0.1, -0.05) is 41.5 Å². The highest BCUT2D eigenvalue weighted by molar-refractivity contribution is 5.70. The number of hydrogen-bond acceptors (Lipinski definition) is 10. The van der Waals surface area contributed by atoms with E-state index in [0.717, 1.165) is 32.1 Å². The Labute approximate surface area is 281 Å². The molecule has 4 N–H and O–H groups in total. The number of aliphatic carboxylic acids is 1. The highest BCUT2D eigenvalue weighted by atomic mass is 16.7. The zero-order chi connectivity index (χ0) is 34.7. The second kappa shape index (κ2) is 13.7. The molecule has 0 aromatic carbocycles. The summed E-state index contributed by atoms with van der Waals surface area (Å²) < 4.78 is 39.4. The zero-order valence-electron chi connectivity index (χ0n) is 30.0. The Morgan fingerprint density at radius 3 is 2.34 bits per heavy atom. The Balaban J connectivity index is 1.29. The highest BCUT2D eigenvalue weighted by Crippen LogP contribution is 2.55. The molecule has 272 valence electrons. The van der Waals surface area contributed by atoms with E-state index in [1.165, 1.54) is 7.11 Å². The number of aliphatic hydroxyl groups excluding tert-OH is 2. The fourth-order valence-corrected chi connectivity index (χ4v) is 9.91. The number of rotatable bonds is 10. The summed E-state index contributed by atoms with van der Waals surface area (Å²) in [5.41, 5.74) is -1.15. The van der Waals surface area contributed by atoms with Crippen molar-refractivity contribution < 1.29 is 53.6 Å². The van der Waals surface area contributed by atoms with Crippen LogP contribution in [0.5, 0.6) is 0 Å². The van der Waals surface area contributed by atoms with Gasteiger partial charge in [-0.2, -0.15) is 0 Å². The van der Waals surface area contributed by atoms with E-state index in [4.69, 9.17) is 28.4 Å². The van der Waals surface area contributed by atoms with E-state index in [0.29, 0.717) is 19.3 Å². The average Bonchev–Trinajstić information content (AvgIpc) is 3.73. The van der Waals surface area contributed by atoms with Crippen molar-refractivity contribution in [3.8, 4) is 0 Å². The molecule has 5 heterocycles. The summed E-state index contributed by atoms with van der Waals surface area (Å²) in [6, 6.07) is 0. The highest BCUT2D eigenvalue weighted by Gasteiger charge is 2.62. The van der Waals surface area contributed by atoms with Gasteiger partial charge in [0.2, 0.25) is 0 Å². The van der Waals surface area contributed by atoms with Crippen LogP contribution in [0, 0.1) is 35.5 Å². The molecule has 11 heteroatoms. The van der Waals surface area contributed by atoms with Crippen LogP contribution in [0.2, 0.25) is 0 Å². The number of hydrogen-bond donors (Lipinski definition) is 4. The van der Waals surface area contributed by atoms with E-state index in [9.17, 15) is 25.2 Å². The number of ether oxygens (including phenoxy) is 6. The molecular formula is C36H62O11. The second-order valence-corrected chi connectivity index (χ2v) is 16.3. The van der Waals surface area contributed by atoms with E-state index >= 15 is 0 Å². The summed E-state index contributed by atoms with van der Waals surface area (Å²) >= 11 is 0. The summed E-state index contributed by atoms with van der Waals surface area (Å²) in [4.78, 5) is 11.8. The molecule has 0 radical (unpaired) electrons. The minimum absolute atomic E-state index is 0.153. The fraction of sp³-hybridized carbons (Fsp3) is 0.972. The van der Waals surface area contributed by atoms with Gasteiger partial charge in [0.15, 0.2) is 11.6 Å². The van der Waals surface area contributed by atoms with Gasteiger partial charge in [0.25, 0.3) is 0 Å². The number of aliphatic hydroxyl groups is 3. The van der Waals surface area contributed by atoms with Gasteiger partial charge in [0, 0.05) is 37.7 Å². The predicted octanol–water partition coefficient (Wildman–Crippen LogP) is 4.27. The van der Waals surface area contributed by atoms with Crippen LogP contribution in [0.3, 0.4) is 0 Å². The van der Waals surface area contributed by atoms with E-state index in [-0.39, 0.29) is 54.0 Å². The van der Waals surface area contributed by atoms with Crippen molar-refractivity contribution >= 4 is 5.97 Å². The normalized spacial score (nSPS) is 50.9. The van der Waals surface area contributed by atoms with E-state index in [2.05, 4.69) is 27.7 Å². The zero-order valence-corrected chi connectivity index (χ0v) is 30.0. The SMILES string of the molecule is CC[C@]1([C@H]2O[C@@H]([C@@H]3O[C@](O)(CO)[C@@H](C)C[C@H]3C)C[C@H]2C)CC[C@@H]([C@]2(C)CC[C@@]3(C[C@@H](O)[C@@H](C)[C@@H]([C@H](C)[C@H](OC)[C@H](C)C(=O)O)O3)O2)O1. The maximum atomic E-state index is 11.8. The Morgan fingerprint density at radius 2 is 1.72 bits per heavy atom. The Hall–Kier alpha value is -0.890. The molecule has 0 aromatic rings. The fourth-order valence-electron chi connectivity index (χ4n) is 9.91. The number of carbonyl (C=O) groups is 1. The van der Waals surface area contributed by atoms with Crippen LogP contribution in [0.15, 0.2) is 0 Å². The van der Waals surface area contributed by atoms with Crippen LogP contribution < -0.4 is 0 Å². The van der Waals surface area contributed by atoms with Crippen molar-refractivity contribution in [3.63, 3.8) is 0 Å². The quantitative estimate of drug-likeness (QED) is 0.264. The monoisotopic (exact) mass is 670 g/mol. The molecule has 0 amide bonds. The lowest BCUT2D eigenvalue weighted by Gasteiger charge is -2.49. The molecule has 0 aliphatic carbocycles. The Morgan fingerprint density at radius 1 is 1.02 bits per heavy atom. The van der Waals surface area contributed by atoms with Crippen LogP contribution in [0.1, 0.15) is 107 Å². The molecule has 0 unspecified atom stereocenters. The molecule has 0 saturated carbocycles. The van der Waals surface area contributed by atoms with Gasteiger partial charge >= 0.3 is 5.97 Å². The summed E-state index contributed by atoms with van der Waals surface area (Å²) in [6.45, 7) is 15.6. The third kappa shape index (κ3) is 6.67. The first-order valence-corrected chi connectivity index (χ1v) is 18.1. The smallest absolute Gasteiger partial charge is 0.308 e. The van der Waals surface area contributed by atoms with Crippen molar-refractivity contribution in [1.82, 2.24) is 0 Å². The Bertz CT molecular complexity index is 1110. The minimum Gasteiger partial charge on any atom is -0.481 e. The molecule has 5 aliphatic rings. The van der Waals surface area contributed by atoms with Crippen molar-refractivity contribution in [1.29, 1.82) is 0 Å². The second-order valence-electron chi connectivity index (χ2n) is 16.3. The molecule has 47 heavy (non-hydrogen) atoms. The van der Waals surface area contributed by atoms with Crippen LogP contribution >= 0.6 is 0 Å². The van der Waals surface area contributed by atoms with Crippen LogP contribution in [-0.2, 0) is 33.2 Å². The molecule has 0 bridgehead atoms. The van der Waals surface area contributed by atoms with Gasteiger partial charge in [-0.25, -0.2) is 0 Å². The molecular weight excluding hydrogens is 608 g/mol. The van der Waals surface area contributed by atoms with Crippen LogP contribution in [0.25, 0.3) is 0 Å². The Kier molecular flexibility index (Phi) is 10.9. The molecule has 1 spiro atoms. The van der Waals surface area contributed by atoms with Gasteiger partial charge in [-0.05, 0) is 64.2 Å². The topological polar surface area (TPSA) is 153 Å². The standard InChI is InChI=1S/C36H62O11/c1-10-34(31-20(3)16-26(43-31)28-19(2)15-21(4)36(41,18-37)46-28)12-11-27(44-34)33(8)13-14-35(47-33)17-25(38)22(5)30(45-35)23(6)29(42-9)24(7)32(39)40/h19-31,37-38,41H,10-18H2,1-9H3,(H,39,40)/t19-,20-,21+,22-,23-,24+,25-,26-,27+,28-,29+,30+,31+,33+,34-,35+,36-/m1/s1. The lowest BCUT2D eigenvalue weighted by Crippen LogP contribution is -2.57. The molecule has 17 atom stereocenters. The van der Waals surface area contributed by atoms with Gasteiger partial charge in [0.1, 0.15) is 0 Å².